The molecular formula is C66H63N9O7S2. The molecule has 0 radical (unpaired) electrons. The second-order valence-electron chi connectivity index (χ2n) is 22.5. The van der Waals surface area contributed by atoms with Crippen LogP contribution < -0.4 is 9.47 Å². The summed E-state index contributed by atoms with van der Waals surface area (Å²) < 4.78 is 25.3. The first-order chi connectivity index (χ1) is 40.4. The maximum atomic E-state index is 12.1. The molecule has 5 N–H and O–H groups in total. The number of fused-ring (bicyclic) bond motifs is 5. The molecule has 12 aromatic rings. The van der Waals surface area contributed by atoms with E-state index in [1.165, 1.54) is 51.8 Å². The van der Waals surface area contributed by atoms with Gasteiger partial charge in [0.25, 0.3) is 6.01 Å². The van der Waals surface area contributed by atoms with E-state index in [4.69, 9.17) is 34.7 Å². The first kappa shape index (κ1) is 54.1. The minimum atomic E-state index is -0.290. The van der Waals surface area contributed by atoms with E-state index in [0.29, 0.717) is 90.1 Å². The number of phenolic OH excluding ortho intramolecular Hbond substituents is 4. The number of hydrogen-bond donors (Lipinski definition) is 7. The summed E-state index contributed by atoms with van der Waals surface area (Å²) in [5.74, 6) is 1.76. The number of nitrogens with zero attached hydrogens (tertiary/aromatic N) is 9. The third kappa shape index (κ3) is 8.88. The van der Waals surface area contributed by atoms with Crippen LogP contribution in [0, 0.1) is 0 Å². The Bertz CT molecular complexity index is 4650. The van der Waals surface area contributed by atoms with Crippen molar-refractivity contribution in [2.45, 2.75) is 88.9 Å². The van der Waals surface area contributed by atoms with Gasteiger partial charge in [0.05, 0.1) is 52.4 Å². The molecule has 1 aliphatic rings. The van der Waals surface area contributed by atoms with Crippen molar-refractivity contribution >= 4 is 58.0 Å². The minimum Gasteiger partial charge on any atom is -0.508 e. The Hall–Kier alpha value is -9.13. The fourth-order valence-corrected chi connectivity index (χ4v) is 13.0. The summed E-state index contributed by atoms with van der Waals surface area (Å²) in [6.45, 7) is 10.1. The standard InChI is InChI=1S/C66H63N9O7S2/c1-9-36-20-44(54-30-68-65(83)74(54)38-16-19-52-43(21-38)40-12-10-11-13-51(40)72(52)8)58(78)27-60(36)81-62-32-70(6)50-18-15-39(23-48(50)62)75-55(31-69-66(75)84)46-25-42(35(4)5)61(28-59(46)79)82-63-33-71(7)49-17-14-37(22-47(49)63)73-53(29-67-64(73)80)45-24-41(34(2)3)56(76)26-57(45)77/h14-35,76-79H,9-13H2,1-8H3,(H,67,80)(H,68,83)(H,69,84). The van der Waals surface area contributed by atoms with Crippen molar-refractivity contribution in [3.63, 3.8) is 0 Å². The van der Waals surface area contributed by atoms with E-state index in [-0.39, 0.29) is 40.8 Å². The molecular weight excluding hydrogens is 1090 g/mol. The van der Waals surface area contributed by atoms with Crippen molar-refractivity contribution in [1.29, 1.82) is 0 Å². The lowest BCUT2D eigenvalue weighted by Gasteiger charge is -2.18. The summed E-state index contributed by atoms with van der Waals surface area (Å²) in [6.07, 6.45) is 13.8. The number of hydrogen-bond acceptors (Lipinski definition) is 12. The van der Waals surface area contributed by atoms with Crippen molar-refractivity contribution in [1.82, 2.24) is 42.4 Å². The average molecular weight is 1160 g/mol. The molecule has 6 heterocycles. The average Bonchev–Trinajstić information content (AvgIpc) is 2.79. The number of thiol groups is 2. The number of rotatable bonds is 13. The first-order valence-electron chi connectivity index (χ1n) is 28.1. The lowest BCUT2D eigenvalue weighted by molar-refractivity contribution is 0.423. The second kappa shape index (κ2) is 20.6. The van der Waals surface area contributed by atoms with Crippen LogP contribution in [0.3, 0.4) is 0 Å². The van der Waals surface area contributed by atoms with E-state index < -0.39 is 0 Å². The van der Waals surface area contributed by atoms with Crippen LogP contribution in [-0.2, 0) is 40.4 Å². The van der Waals surface area contributed by atoms with Crippen LogP contribution in [0.15, 0.2) is 132 Å². The summed E-state index contributed by atoms with van der Waals surface area (Å²) in [7, 11) is 6.03. The van der Waals surface area contributed by atoms with Gasteiger partial charge in [0.15, 0.2) is 21.8 Å². The molecule has 18 heteroatoms. The molecule has 0 aliphatic heterocycles. The lowest BCUT2D eigenvalue weighted by Crippen LogP contribution is -2.04. The van der Waals surface area contributed by atoms with E-state index in [1.807, 2.05) is 107 Å². The molecule has 0 fully saturated rings. The highest BCUT2D eigenvalue weighted by molar-refractivity contribution is 7.80. The van der Waals surface area contributed by atoms with Crippen LogP contribution in [0.5, 0.6) is 52.0 Å². The molecule has 0 spiro atoms. The van der Waals surface area contributed by atoms with Crippen molar-refractivity contribution in [3.05, 3.63) is 150 Å². The number of imidazole rings is 3. The van der Waals surface area contributed by atoms with Gasteiger partial charge in [-0.3, -0.25) is 13.7 Å². The summed E-state index contributed by atoms with van der Waals surface area (Å²) in [5.41, 5.74) is 13.6. The highest BCUT2D eigenvalue weighted by Crippen LogP contribution is 2.47. The van der Waals surface area contributed by atoms with Gasteiger partial charge in [0.1, 0.15) is 34.5 Å². The largest absolute Gasteiger partial charge is 0.508 e. The Morgan fingerprint density at radius 3 is 1.56 bits per heavy atom. The summed E-state index contributed by atoms with van der Waals surface area (Å²) >= 11 is 9.68. The van der Waals surface area contributed by atoms with Gasteiger partial charge in [-0.05, 0) is 139 Å². The summed E-state index contributed by atoms with van der Waals surface area (Å²) in [4.78, 5) is 13.5. The van der Waals surface area contributed by atoms with Crippen LogP contribution in [0.25, 0.3) is 83.5 Å². The van der Waals surface area contributed by atoms with E-state index in [0.717, 1.165) is 51.8 Å². The number of aryl methyl sites for hydroxylation is 5. The molecule has 0 amide bonds. The Balaban J connectivity index is 0.818. The van der Waals surface area contributed by atoms with Gasteiger partial charge in [-0.2, -0.15) is 0 Å². The van der Waals surface area contributed by atoms with Gasteiger partial charge in [0, 0.05) is 107 Å². The van der Waals surface area contributed by atoms with Gasteiger partial charge in [0.2, 0.25) is 0 Å². The normalized spacial score (nSPS) is 12.7. The fourth-order valence-electron chi connectivity index (χ4n) is 12.4. The third-order valence-corrected chi connectivity index (χ3v) is 17.4. The number of phenols is 4. The van der Waals surface area contributed by atoms with Gasteiger partial charge in [-0.25, -0.2) is 15.0 Å². The SMILES string of the molecule is CCc1cc(-c2cnc(S)n2-c2ccc3c(c2)c2c(n3C)CCCC2)c(O)cc1Oc1cn(C)c2ccc(-n3c(-c4cc(C(C)C)c(Oc5cn(C)c6ccc(-n7c(-c8cc(C(C)C)c(O)cc8O)cnc7O)cc56)cc4O)cnc3S)cc12. The topological polar surface area (TPSA) is 188 Å². The molecule has 16 nitrogen and oxygen atoms in total. The highest BCUT2D eigenvalue weighted by atomic mass is 32.1. The van der Waals surface area contributed by atoms with E-state index in [2.05, 4.69) is 65.5 Å². The highest BCUT2D eigenvalue weighted by Gasteiger charge is 2.27. The third-order valence-electron chi connectivity index (χ3n) is 16.7. The molecule has 0 bridgehead atoms. The number of aromatic hydroxyl groups is 5. The quantitative estimate of drug-likeness (QED) is 0.0548. The van der Waals surface area contributed by atoms with Crippen LogP contribution in [0.1, 0.15) is 87.2 Å². The van der Waals surface area contributed by atoms with Crippen LogP contribution in [0.2, 0.25) is 0 Å². The molecule has 0 saturated heterocycles. The molecule has 1 aliphatic carbocycles. The van der Waals surface area contributed by atoms with Crippen LogP contribution >= 0.6 is 25.3 Å². The number of benzene rings is 6. The first-order valence-corrected chi connectivity index (χ1v) is 29.0. The number of aromatic nitrogens is 9. The number of ether oxygens (including phenoxy) is 2. The smallest absolute Gasteiger partial charge is 0.298 e. The molecule has 0 unspecified atom stereocenters. The zero-order valence-electron chi connectivity index (χ0n) is 47.7. The van der Waals surface area contributed by atoms with E-state index >= 15 is 0 Å². The fraction of sp³-hybridized carbons (Fsp3) is 0.227. The van der Waals surface area contributed by atoms with Gasteiger partial charge >= 0.3 is 0 Å². The lowest BCUT2D eigenvalue weighted by atomic mass is 9.95. The Labute approximate surface area is 495 Å². The van der Waals surface area contributed by atoms with Crippen molar-refractivity contribution in [2.24, 2.45) is 21.1 Å². The summed E-state index contributed by atoms with van der Waals surface area (Å²) in [6, 6.07) is 28.1. The predicted octanol–water partition coefficient (Wildman–Crippen LogP) is 15.1. The molecule has 13 rings (SSSR count). The maximum absolute atomic E-state index is 12.1. The molecule has 6 aromatic heterocycles. The Morgan fingerprint density at radius 1 is 0.500 bits per heavy atom. The zero-order chi connectivity index (χ0) is 58.7. The predicted molar refractivity (Wildman–Crippen MR) is 334 cm³/mol. The Morgan fingerprint density at radius 2 is 0.976 bits per heavy atom. The van der Waals surface area contributed by atoms with Gasteiger partial charge < -0.3 is 48.7 Å². The molecule has 0 atom stereocenters. The zero-order valence-corrected chi connectivity index (χ0v) is 49.5. The second-order valence-corrected chi connectivity index (χ2v) is 23.3. The van der Waals surface area contributed by atoms with Crippen molar-refractivity contribution < 1.29 is 35.0 Å². The monoisotopic (exact) mass is 1160 g/mol. The maximum Gasteiger partial charge on any atom is 0.298 e. The Kier molecular flexibility index (Phi) is 13.3. The molecule has 0 saturated carbocycles. The van der Waals surface area contributed by atoms with Gasteiger partial charge in [-0.1, -0.05) is 34.6 Å². The van der Waals surface area contributed by atoms with E-state index in [1.54, 1.807) is 30.6 Å². The molecule has 84 heavy (non-hydrogen) atoms. The van der Waals surface area contributed by atoms with E-state index in [9.17, 15) is 25.5 Å². The molecule has 6 aromatic carbocycles. The van der Waals surface area contributed by atoms with Crippen molar-refractivity contribution in [2.75, 3.05) is 0 Å². The van der Waals surface area contributed by atoms with Crippen LogP contribution in [-0.4, -0.2) is 67.9 Å². The molecule has 426 valence electrons. The van der Waals surface area contributed by atoms with Crippen LogP contribution in [0.4, 0.5) is 0 Å². The van der Waals surface area contributed by atoms with Crippen molar-refractivity contribution in [3.8, 4) is 103 Å². The minimum absolute atomic E-state index is 0.0199. The van der Waals surface area contributed by atoms with Gasteiger partial charge in [-0.15, -0.1) is 25.3 Å². The summed E-state index contributed by atoms with van der Waals surface area (Å²) in [5, 5.41) is 60.5.